The molecule has 0 atom stereocenters. The lowest BCUT2D eigenvalue weighted by atomic mass is 10.2. The van der Waals surface area contributed by atoms with E-state index in [-0.39, 0.29) is 22.3 Å². The molecule has 5 nitrogen and oxygen atoms in total. The Labute approximate surface area is 122 Å². The van der Waals surface area contributed by atoms with Gasteiger partial charge in [0.1, 0.15) is 17.7 Å². The van der Waals surface area contributed by atoms with Crippen LogP contribution in [-0.2, 0) is 4.74 Å². The van der Waals surface area contributed by atoms with Crippen LogP contribution in [0.5, 0.6) is 0 Å². The van der Waals surface area contributed by atoms with Crippen LogP contribution in [0.15, 0.2) is 30.0 Å². The van der Waals surface area contributed by atoms with Gasteiger partial charge in [0, 0.05) is 11.9 Å². The van der Waals surface area contributed by atoms with E-state index in [1.165, 1.54) is 18.3 Å². The van der Waals surface area contributed by atoms with E-state index in [9.17, 15) is 4.79 Å². The number of hydrogen-bond donors (Lipinski definition) is 1. The SMILES string of the molecule is CC(C)OC(=O)c1cc(NC=C(C#N)C#N)ccc1Cl. The Hall–Kier alpha value is -2.50. The molecule has 20 heavy (non-hydrogen) atoms. The van der Waals surface area contributed by atoms with E-state index in [0.29, 0.717) is 5.69 Å². The predicted octanol–water partition coefficient (Wildman–Crippen LogP) is 3.25. The van der Waals surface area contributed by atoms with Gasteiger partial charge < -0.3 is 10.1 Å². The molecule has 1 aromatic carbocycles. The van der Waals surface area contributed by atoms with Crippen LogP contribution in [0, 0.1) is 22.7 Å². The van der Waals surface area contributed by atoms with Gasteiger partial charge in [0.15, 0.2) is 0 Å². The molecule has 0 bridgehead atoms. The van der Waals surface area contributed by atoms with E-state index >= 15 is 0 Å². The summed E-state index contributed by atoms with van der Waals surface area (Å²) in [6.45, 7) is 3.48. The summed E-state index contributed by atoms with van der Waals surface area (Å²) in [5.74, 6) is -0.529. The van der Waals surface area contributed by atoms with E-state index in [0.717, 1.165) is 0 Å². The van der Waals surface area contributed by atoms with Crippen molar-refractivity contribution in [3.05, 3.63) is 40.6 Å². The van der Waals surface area contributed by atoms with Gasteiger partial charge in [-0.1, -0.05) is 11.6 Å². The number of carbonyl (C=O) groups excluding carboxylic acids is 1. The highest BCUT2D eigenvalue weighted by atomic mass is 35.5. The Morgan fingerprint density at radius 1 is 1.40 bits per heavy atom. The molecule has 0 radical (unpaired) electrons. The highest BCUT2D eigenvalue weighted by Crippen LogP contribution is 2.22. The Morgan fingerprint density at radius 2 is 2.05 bits per heavy atom. The number of rotatable bonds is 4. The van der Waals surface area contributed by atoms with Crippen LogP contribution in [0.3, 0.4) is 0 Å². The Morgan fingerprint density at radius 3 is 2.60 bits per heavy atom. The highest BCUT2D eigenvalue weighted by Gasteiger charge is 2.14. The van der Waals surface area contributed by atoms with Gasteiger partial charge in [-0.2, -0.15) is 10.5 Å². The minimum absolute atomic E-state index is 0.0775. The Kier molecular flexibility index (Phi) is 5.58. The molecular weight excluding hydrogens is 278 g/mol. The molecule has 0 aliphatic heterocycles. The number of benzene rings is 1. The fourth-order valence-electron chi connectivity index (χ4n) is 1.29. The molecule has 0 aliphatic rings. The van der Waals surface area contributed by atoms with Crippen LogP contribution in [-0.4, -0.2) is 12.1 Å². The molecular formula is C14H12ClN3O2. The Bertz CT molecular complexity index is 608. The first-order valence-corrected chi connectivity index (χ1v) is 6.13. The van der Waals surface area contributed by atoms with Crippen LogP contribution >= 0.6 is 11.6 Å². The van der Waals surface area contributed by atoms with Crippen molar-refractivity contribution in [1.82, 2.24) is 0 Å². The summed E-state index contributed by atoms with van der Waals surface area (Å²) < 4.78 is 5.07. The zero-order chi connectivity index (χ0) is 15.1. The van der Waals surface area contributed by atoms with Crippen molar-refractivity contribution >= 4 is 23.3 Å². The maximum Gasteiger partial charge on any atom is 0.339 e. The molecule has 0 saturated heterocycles. The second-order valence-corrected chi connectivity index (χ2v) is 4.48. The average Bonchev–Trinajstić information content (AvgIpc) is 2.40. The minimum Gasteiger partial charge on any atom is -0.459 e. The number of halogens is 1. The molecule has 1 aromatic rings. The van der Waals surface area contributed by atoms with Crippen LogP contribution in [0.25, 0.3) is 0 Å². The van der Waals surface area contributed by atoms with Gasteiger partial charge in [0.2, 0.25) is 0 Å². The van der Waals surface area contributed by atoms with Crippen molar-refractivity contribution in [3.8, 4) is 12.1 Å². The molecule has 102 valence electrons. The number of nitriles is 2. The summed E-state index contributed by atoms with van der Waals surface area (Å²) >= 11 is 5.94. The first-order chi connectivity index (χ1) is 9.47. The summed E-state index contributed by atoms with van der Waals surface area (Å²) in [4.78, 5) is 11.8. The molecule has 0 fully saturated rings. The quantitative estimate of drug-likeness (QED) is 0.679. The Balaban J connectivity index is 2.98. The number of anilines is 1. The maximum atomic E-state index is 11.8. The lowest BCUT2D eigenvalue weighted by Crippen LogP contribution is -2.12. The smallest absolute Gasteiger partial charge is 0.339 e. The van der Waals surface area contributed by atoms with Crippen molar-refractivity contribution in [3.63, 3.8) is 0 Å². The van der Waals surface area contributed by atoms with E-state index in [2.05, 4.69) is 5.32 Å². The molecule has 1 rings (SSSR count). The third-order valence-corrected chi connectivity index (χ3v) is 2.48. The number of esters is 1. The molecule has 0 unspecified atom stereocenters. The summed E-state index contributed by atoms with van der Waals surface area (Å²) in [6, 6.07) is 8.09. The summed E-state index contributed by atoms with van der Waals surface area (Å²) in [5.41, 5.74) is 0.661. The van der Waals surface area contributed by atoms with Crippen molar-refractivity contribution in [2.75, 3.05) is 5.32 Å². The molecule has 6 heteroatoms. The van der Waals surface area contributed by atoms with Crippen LogP contribution in [0.1, 0.15) is 24.2 Å². The number of ether oxygens (including phenoxy) is 1. The van der Waals surface area contributed by atoms with Crippen molar-refractivity contribution in [2.24, 2.45) is 0 Å². The minimum atomic E-state index is -0.529. The van der Waals surface area contributed by atoms with Crippen molar-refractivity contribution < 1.29 is 9.53 Å². The van der Waals surface area contributed by atoms with Gasteiger partial charge in [0.05, 0.1) is 16.7 Å². The van der Waals surface area contributed by atoms with Gasteiger partial charge in [-0.3, -0.25) is 0 Å². The third-order valence-electron chi connectivity index (χ3n) is 2.15. The van der Waals surface area contributed by atoms with E-state index in [1.807, 2.05) is 0 Å². The second kappa shape index (κ2) is 7.18. The molecule has 0 aromatic heterocycles. The van der Waals surface area contributed by atoms with E-state index in [4.69, 9.17) is 26.9 Å². The van der Waals surface area contributed by atoms with Crippen LogP contribution in [0.2, 0.25) is 5.02 Å². The number of allylic oxidation sites excluding steroid dienone is 1. The molecule has 0 aliphatic carbocycles. The van der Waals surface area contributed by atoms with Crippen LogP contribution in [0.4, 0.5) is 5.69 Å². The van der Waals surface area contributed by atoms with Crippen molar-refractivity contribution in [1.29, 1.82) is 10.5 Å². The fourth-order valence-corrected chi connectivity index (χ4v) is 1.49. The lowest BCUT2D eigenvalue weighted by Gasteiger charge is -2.10. The van der Waals surface area contributed by atoms with Gasteiger partial charge in [-0.25, -0.2) is 4.79 Å². The second-order valence-electron chi connectivity index (χ2n) is 4.07. The van der Waals surface area contributed by atoms with Gasteiger partial charge in [-0.15, -0.1) is 0 Å². The number of carbonyl (C=O) groups is 1. The highest BCUT2D eigenvalue weighted by molar-refractivity contribution is 6.33. The summed E-state index contributed by atoms with van der Waals surface area (Å²) in [5, 5.41) is 20.2. The molecule has 0 spiro atoms. The number of hydrogen-bond acceptors (Lipinski definition) is 5. The third kappa shape index (κ3) is 4.31. The zero-order valence-electron chi connectivity index (χ0n) is 11.0. The van der Waals surface area contributed by atoms with Gasteiger partial charge >= 0.3 is 5.97 Å². The zero-order valence-corrected chi connectivity index (χ0v) is 11.7. The molecule has 0 heterocycles. The van der Waals surface area contributed by atoms with Crippen molar-refractivity contribution in [2.45, 2.75) is 20.0 Å². The van der Waals surface area contributed by atoms with E-state index in [1.54, 1.807) is 32.1 Å². The molecule has 0 saturated carbocycles. The van der Waals surface area contributed by atoms with E-state index < -0.39 is 5.97 Å². The topological polar surface area (TPSA) is 85.9 Å². The van der Waals surface area contributed by atoms with Gasteiger partial charge in [0.25, 0.3) is 0 Å². The molecule has 0 amide bonds. The summed E-state index contributed by atoms with van der Waals surface area (Å²) in [7, 11) is 0. The lowest BCUT2D eigenvalue weighted by molar-refractivity contribution is 0.0378. The number of nitrogens with one attached hydrogen (secondary N) is 1. The monoisotopic (exact) mass is 289 g/mol. The van der Waals surface area contributed by atoms with Gasteiger partial charge in [-0.05, 0) is 32.0 Å². The molecule has 1 N–H and O–H groups in total. The largest absolute Gasteiger partial charge is 0.459 e. The number of nitrogens with zero attached hydrogens (tertiary/aromatic N) is 2. The summed E-state index contributed by atoms with van der Waals surface area (Å²) in [6.07, 6.45) is 1.000. The average molecular weight is 290 g/mol. The standard InChI is InChI=1S/C14H12ClN3O2/c1-9(2)20-14(19)12-5-11(3-4-13(12)15)18-8-10(6-16)7-17/h3-5,8-9,18H,1-2H3. The maximum absolute atomic E-state index is 11.8. The predicted molar refractivity (Wildman–Crippen MR) is 74.9 cm³/mol. The first kappa shape index (κ1) is 15.6. The normalized spacial score (nSPS) is 9.30. The van der Waals surface area contributed by atoms with Crippen LogP contribution < -0.4 is 5.32 Å². The fraction of sp³-hybridized carbons (Fsp3) is 0.214. The first-order valence-electron chi connectivity index (χ1n) is 5.75.